The van der Waals surface area contributed by atoms with Crippen LogP contribution in [0.25, 0.3) is 10.1 Å². The number of carbonyl (C=O) groups excluding carboxylic acids is 1. The van der Waals surface area contributed by atoms with Gasteiger partial charge in [0.2, 0.25) is 0 Å². The Labute approximate surface area is 148 Å². The number of benzene rings is 1. The average Bonchev–Trinajstić information content (AvgIpc) is 2.91. The van der Waals surface area contributed by atoms with Gasteiger partial charge in [-0.1, -0.05) is 34.1 Å². The summed E-state index contributed by atoms with van der Waals surface area (Å²) < 4.78 is 1.18. The van der Waals surface area contributed by atoms with E-state index in [-0.39, 0.29) is 24.4 Å². The molecule has 3 aliphatic rings. The molecule has 4 heterocycles. The number of rotatable bonds is 2. The van der Waals surface area contributed by atoms with Crippen molar-refractivity contribution in [1.82, 2.24) is 10.2 Å². The third kappa shape index (κ3) is 2.92. The first-order valence-corrected chi connectivity index (χ1v) is 9.10. The van der Waals surface area contributed by atoms with Crippen LogP contribution in [-0.4, -0.2) is 41.3 Å². The zero-order valence-corrected chi connectivity index (χ0v) is 15.2. The van der Waals surface area contributed by atoms with Crippen LogP contribution in [0.2, 0.25) is 0 Å². The number of fused-ring (bicyclic) bond motifs is 4. The van der Waals surface area contributed by atoms with Crippen LogP contribution >= 0.6 is 39.7 Å². The molecule has 3 saturated heterocycles. The van der Waals surface area contributed by atoms with E-state index in [0.29, 0.717) is 10.7 Å². The summed E-state index contributed by atoms with van der Waals surface area (Å²) in [6.07, 6.45) is 1.17. The third-order valence-corrected chi connectivity index (χ3v) is 6.70. The first-order chi connectivity index (χ1) is 10.2. The van der Waals surface area contributed by atoms with E-state index in [1.165, 1.54) is 17.7 Å². The normalized spacial score (nSPS) is 30.0. The van der Waals surface area contributed by atoms with Gasteiger partial charge in [-0.2, -0.15) is 0 Å². The lowest BCUT2D eigenvalue weighted by molar-refractivity contribution is 0.0672. The molecular weight excluding hydrogens is 384 g/mol. The van der Waals surface area contributed by atoms with E-state index in [9.17, 15) is 4.79 Å². The van der Waals surface area contributed by atoms with Crippen LogP contribution < -0.4 is 5.32 Å². The van der Waals surface area contributed by atoms with E-state index in [4.69, 9.17) is 0 Å². The van der Waals surface area contributed by atoms with Gasteiger partial charge < -0.3 is 10.2 Å². The fourth-order valence-corrected chi connectivity index (χ4v) is 5.51. The molecule has 4 atom stereocenters. The van der Waals surface area contributed by atoms with Gasteiger partial charge in [0.05, 0.1) is 4.88 Å². The maximum absolute atomic E-state index is 12.5. The molecule has 0 radical (unpaired) electrons. The van der Waals surface area contributed by atoms with Gasteiger partial charge in [-0.05, 0) is 36.4 Å². The molecule has 3 nitrogen and oxygen atoms in total. The van der Waals surface area contributed by atoms with Gasteiger partial charge in [0.15, 0.2) is 0 Å². The van der Waals surface area contributed by atoms with E-state index < -0.39 is 0 Å². The highest BCUT2D eigenvalue weighted by Crippen LogP contribution is 2.33. The molecule has 0 aliphatic carbocycles. The van der Waals surface area contributed by atoms with Crippen LogP contribution in [0.15, 0.2) is 30.3 Å². The Hall–Kier alpha value is -0.620. The molecule has 22 heavy (non-hydrogen) atoms. The van der Waals surface area contributed by atoms with E-state index in [2.05, 4.69) is 38.3 Å². The largest absolute Gasteiger partial charge is 0.347 e. The monoisotopic (exact) mass is 400 g/mol. The van der Waals surface area contributed by atoms with E-state index >= 15 is 0 Å². The number of thiophene rings is 1. The Kier molecular flexibility index (Phi) is 4.78. The number of hydrogen-bond acceptors (Lipinski definition) is 3. The predicted octanol–water partition coefficient (Wildman–Crippen LogP) is 3.52. The molecule has 5 rings (SSSR count). The van der Waals surface area contributed by atoms with Crippen LogP contribution in [0.1, 0.15) is 16.1 Å². The maximum atomic E-state index is 12.5. The Morgan fingerprint density at radius 3 is 2.86 bits per heavy atom. The van der Waals surface area contributed by atoms with Crippen molar-refractivity contribution >= 4 is 55.7 Å². The lowest BCUT2D eigenvalue weighted by atomic mass is 9.84. The van der Waals surface area contributed by atoms with Crippen molar-refractivity contribution < 1.29 is 4.79 Å². The van der Waals surface area contributed by atoms with Crippen molar-refractivity contribution in [2.24, 2.45) is 5.92 Å². The summed E-state index contributed by atoms with van der Waals surface area (Å²) in [6, 6.07) is 10.4. The second-order valence-corrected chi connectivity index (χ2v) is 8.22. The minimum atomic E-state index is 0. The quantitative estimate of drug-likeness (QED) is 0.781. The summed E-state index contributed by atoms with van der Waals surface area (Å²) in [4.78, 5) is 16.3. The highest BCUT2D eigenvalue weighted by atomic mass is 79.9. The average molecular weight is 402 g/mol. The Morgan fingerprint density at radius 2 is 2.14 bits per heavy atom. The number of nitrogens with zero attached hydrogens (tertiary/aromatic N) is 1. The first kappa shape index (κ1) is 16.2. The summed E-state index contributed by atoms with van der Waals surface area (Å²) >= 11 is 5.35. The lowest BCUT2D eigenvalue weighted by Gasteiger charge is -2.47. The van der Waals surface area contributed by atoms with Crippen LogP contribution in [0.3, 0.4) is 0 Å². The minimum absolute atomic E-state index is 0. The maximum Gasteiger partial charge on any atom is 0.261 e. The zero-order valence-electron chi connectivity index (χ0n) is 12.0. The van der Waals surface area contributed by atoms with Gasteiger partial charge in [-0.3, -0.25) is 4.79 Å². The van der Waals surface area contributed by atoms with Gasteiger partial charge in [0.25, 0.3) is 5.91 Å². The molecule has 1 aromatic heterocycles. The van der Waals surface area contributed by atoms with Crippen LogP contribution in [0.4, 0.5) is 0 Å². The lowest BCUT2D eigenvalue weighted by Crippen LogP contribution is -2.61. The summed E-state index contributed by atoms with van der Waals surface area (Å²) in [7, 11) is 0. The zero-order chi connectivity index (χ0) is 14.4. The molecule has 1 N–H and O–H groups in total. The fourth-order valence-electron chi connectivity index (χ4n) is 3.50. The molecule has 2 bridgehead atoms. The second-order valence-electron chi connectivity index (χ2n) is 5.96. The number of halogens is 2. The Balaban J connectivity index is 0.00000144. The topological polar surface area (TPSA) is 32.3 Å². The van der Waals surface area contributed by atoms with Crippen LogP contribution in [-0.2, 0) is 0 Å². The van der Waals surface area contributed by atoms with Crippen molar-refractivity contribution in [2.45, 2.75) is 17.3 Å². The summed E-state index contributed by atoms with van der Waals surface area (Å²) in [5.74, 6) is 0.642. The molecule has 3 unspecified atom stereocenters. The van der Waals surface area contributed by atoms with Crippen LogP contribution in [0.5, 0.6) is 0 Å². The summed E-state index contributed by atoms with van der Waals surface area (Å²) in [6.45, 7) is 3.27. The van der Waals surface area contributed by atoms with Crippen LogP contribution in [0, 0.1) is 5.92 Å². The number of hydrogen-bond donors (Lipinski definition) is 1. The van der Waals surface area contributed by atoms with Crippen molar-refractivity contribution in [1.29, 1.82) is 0 Å². The molecule has 3 aliphatic heterocycles. The fraction of sp³-hybridized carbons (Fsp3) is 0.438. The smallest absolute Gasteiger partial charge is 0.261 e. The van der Waals surface area contributed by atoms with Gasteiger partial charge in [-0.15, -0.1) is 23.7 Å². The second kappa shape index (κ2) is 6.48. The van der Waals surface area contributed by atoms with Crippen molar-refractivity contribution in [3.63, 3.8) is 0 Å². The molecule has 0 saturated carbocycles. The number of nitrogens with one attached hydrogen (secondary N) is 1. The predicted molar refractivity (Wildman–Crippen MR) is 97.6 cm³/mol. The van der Waals surface area contributed by atoms with E-state index in [0.717, 1.165) is 23.4 Å². The standard InChI is InChI=1S/C16H17BrN2OS.ClH/c17-12-8-19-6-5-11(12)13(9-19)18-16(20)15-7-10-3-1-2-4-14(10)21-15;/h1-4,7,11-13H,5-6,8-9H2,(H,18,20);1H/t11?,12?,13-;/m0./s1. The molecule has 3 fully saturated rings. The molecular formula is C16H18BrClN2OS. The number of piperidine rings is 3. The van der Waals surface area contributed by atoms with Gasteiger partial charge >= 0.3 is 0 Å². The number of amides is 1. The Morgan fingerprint density at radius 1 is 1.32 bits per heavy atom. The molecule has 2 aromatic rings. The molecule has 118 valence electrons. The van der Waals surface area contributed by atoms with Gasteiger partial charge in [0.1, 0.15) is 0 Å². The number of carbonyl (C=O) groups is 1. The van der Waals surface area contributed by atoms with Gasteiger partial charge in [-0.25, -0.2) is 0 Å². The van der Waals surface area contributed by atoms with Crippen molar-refractivity contribution in [2.75, 3.05) is 19.6 Å². The summed E-state index contributed by atoms with van der Waals surface area (Å²) in [5.41, 5.74) is 0. The minimum Gasteiger partial charge on any atom is -0.347 e. The highest BCUT2D eigenvalue weighted by Gasteiger charge is 2.40. The van der Waals surface area contributed by atoms with Gasteiger partial charge in [0, 0.05) is 28.7 Å². The Bertz CT molecular complexity index is 659. The molecule has 6 heteroatoms. The SMILES string of the molecule is Cl.O=C(N[C@H]1CN2CCC1C(Br)C2)c1cc2ccccc2s1. The highest BCUT2D eigenvalue weighted by molar-refractivity contribution is 9.09. The first-order valence-electron chi connectivity index (χ1n) is 7.36. The molecule has 1 aromatic carbocycles. The molecule has 0 spiro atoms. The van der Waals surface area contributed by atoms with Crippen molar-refractivity contribution in [3.05, 3.63) is 35.2 Å². The van der Waals surface area contributed by atoms with E-state index in [1.54, 1.807) is 11.3 Å². The number of alkyl halides is 1. The third-order valence-electron chi connectivity index (χ3n) is 4.61. The van der Waals surface area contributed by atoms with Crippen molar-refractivity contribution in [3.8, 4) is 0 Å². The van der Waals surface area contributed by atoms with E-state index in [1.807, 2.05) is 18.2 Å². The summed E-state index contributed by atoms with van der Waals surface area (Å²) in [5, 5.41) is 4.41. The molecule has 1 amide bonds.